The van der Waals surface area contributed by atoms with E-state index in [0.29, 0.717) is 17.1 Å². The van der Waals surface area contributed by atoms with Crippen LogP contribution in [0.5, 0.6) is 0 Å². The minimum Gasteiger partial charge on any atom is -0.258 e. The largest absolute Gasteiger partial charge is 0.258 e. The molecule has 1 aliphatic rings. The minimum atomic E-state index is -2.72. The maximum absolute atomic E-state index is 13.5. The Hall–Kier alpha value is -0.940. The summed E-state index contributed by atoms with van der Waals surface area (Å²) in [5, 5.41) is 0. The summed E-state index contributed by atoms with van der Waals surface area (Å²) in [5.74, 6) is 0.488. The Balaban J connectivity index is 2.64. The van der Waals surface area contributed by atoms with Crippen molar-refractivity contribution in [2.45, 2.75) is 36.2 Å². The van der Waals surface area contributed by atoms with Gasteiger partial charge in [0, 0.05) is 28.5 Å². The predicted molar refractivity (Wildman–Crippen MR) is 85.6 cm³/mol. The summed E-state index contributed by atoms with van der Waals surface area (Å²) in [6.45, 7) is 5.88. The summed E-state index contributed by atoms with van der Waals surface area (Å²) in [7, 11) is -2.35. The summed E-state index contributed by atoms with van der Waals surface area (Å²) >= 11 is 0. The molecule has 0 bridgehead atoms. The van der Waals surface area contributed by atoms with Crippen LogP contribution in [0.3, 0.4) is 0 Å². The van der Waals surface area contributed by atoms with E-state index in [-0.39, 0.29) is 0 Å². The Kier molecular flexibility index (Phi) is 4.21. The highest BCUT2D eigenvalue weighted by Gasteiger charge is 2.45. The van der Waals surface area contributed by atoms with Crippen LogP contribution in [-0.2, 0) is 20.5 Å². The molecule has 3 nitrogen and oxygen atoms in total. The van der Waals surface area contributed by atoms with Crippen molar-refractivity contribution >= 4 is 20.5 Å². The van der Waals surface area contributed by atoms with Crippen LogP contribution in [0, 0.1) is 0 Å². The number of nitrogens with zero attached hydrogens (tertiary/aromatic N) is 1. The van der Waals surface area contributed by atoms with Crippen LogP contribution in [0.2, 0.25) is 0 Å². The van der Waals surface area contributed by atoms with Crippen LogP contribution in [-0.4, -0.2) is 25.3 Å². The van der Waals surface area contributed by atoms with E-state index in [0.717, 1.165) is 5.57 Å². The van der Waals surface area contributed by atoms with Gasteiger partial charge in [-0.05, 0) is 39.3 Å². The normalized spacial score (nSPS) is 29.9. The van der Waals surface area contributed by atoms with Gasteiger partial charge in [-0.15, -0.1) is 0 Å². The number of hydrogen-bond acceptors (Lipinski definition) is 3. The van der Waals surface area contributed by atoms with Crippen molar-refractivity contribution in [2.75, 3.05) is 12.8 Å². The van der Waals surface area contributed by atoms with E-state index in [1.54, 1.807) is 7.05 Å². The third kappa shape index (κ3) is 2.27. The number of allylic oxidation sites excluding steroid dienone is 1. The molecular formula is C15H21NO2S2. The van der Waals surface area contributed by atoms with E-state index in [9.17, 15) is 8.42 Å². The Morgan fingerprint density at radius 1 is 1.20 bits per heavy atom. The molecule has 3 atom stereocenters. The molecule has 1 aromatic carbocycles. The zero-order chi connectivity index (χ0) is 15.0. The molecule has 5 heteroatoms. The van der Waals surface area contributed by atoms with Gasteiger partial charge in [0.15, 0.2) is 0 Å². The van der Waals surface area contributed by atoms with E-state index >= 15 is 0 Å². The molecule has 1 unspecified atom stereocenters. The predicted octanol–water partition coefficient (Wildman–Crippen LogP) is 3.35. The van der Waals surface area contributed by atoms with Gasteiger partial charge in [0.25, 0.3) is 0 Å². The summed E-state index contributed by atoms with van der Waals surface area (Å²) in [6.07, 6.45) is 0.566. The first-order valence-corrected chi connectivity index (χ1v) is 9.42. The van der Waals surface area contributed by atoms with Crippen LogP contribution in [0.4, 0.5) is 0 Å². The first-order valence-electron chi connectivity index (χ1n) is 6.59. The maximum Gasteiger partial charge on any atom is 0.134 e. The topological polar surface area (TPSA) is 46.5 Å². The minimum absolute atomic E-state index is 0.488. The van der Waals surface area contributed by atoms with Gasteiger partial charge in [-0.2, -0.15) is 0 Å². The molecule has 0 spiro atoms. The van der Waals surface area contributed by atoms with Crippen molar-refractivity contribution in [3.8, 4) is 0 Å². The first-order chi connectivity index (χ1) is 9.35. The lowest BCUT2D eigenvalue weighted by molar-refractivity contribution is 0.631. The fraction of sp³-hybridized carbons (Fsp3) is 0.467. The molecule has 2 rings (SSSR count). The van der Waals surface area contributed by atoms with Crippen LogP contribution in [0.1, 0.15) is 27.2 Å². The van der Waals surface area contributed by atoms with Gasteiger partial charge in [-0.25, -0.2) is 8.57 Å². The lowest BCUT2D eigenvalue weighted by Gasteiger charge is -2.36. The van der Waals surface area contributed by atoms with E-state index in [4.69, 9.17) is 0 Å². The lowest BCUT2D eigenvalue weighted by Crippen LogP contribution is -2.43. The maximum atomic E-state index is 13.5. The highest BCUT2D eigenvalue weighted by molar-refractivity contribution is 8.08. The molecule has 0 fully saturated rings. The molecule has 1 aromatic rings. The number of rotatable bonds is 2. The second-order valence-electron chi connectivity index (χ2n) is 5.38. The van der Waals surface area contributed by atoms with E-state index in [1.807, 2.05) is 51.1 Å². The second kappa shape index (κ2) is 5.45. The van der Waals surface area contributed by atoms with Crippen LogP contribution in [0.15, 0.2) is 50.7 Å². The van der Waals surface area contributed by atoms with Gasteiger partial charge in [0.2, 0.25) is 0 Å². The lowest BCUT2D eigenvalue weighted by atomic mass is 10.1. The van der Waals surface area contributed by atoms with Gasteiger partial charge < -0.3 is 0 Å². The Morgan fingerprint density at radius 2 is 1.80 bits per heavy atom. The van der Waals surface area contributed by atoms with Gasteiger partial charge >= 0.3 is 0 Å². The van der Waals surface area contributed by atoms with Crippen LogP contribution in [0.25, 0.3) is 0 Å². The monoisotopic (exact) mass is 311 g/mol. The fourth-order valence-electron chi connectivity index (χ4n) is 2.56. The van der Waals surface area contributed by atoms with Crippen LogP contribution >= 0.6 is 0 Å². The second-order valence-corrected chi connectivity index (χ2v) is 10.3. The molecule has 1 aliphatic heterocycles. The first kappa shape index (κ1) is 15.4. The van der Waals surface area contributed by atoms with E-state index in [2.05, 4.69) is 4.36 Å². The molecule has 0 radical (unpaired) electrons. The molecule has 110 valence electrons. The van der Waals surface area contributed by atoms with Crippen molar-refractivity contribution < 1.29 is 8.42 Å². The highest BCUT2D eigenvalue weighted by atomic mass is 32.3. The summed E-state index contributed by atoms with van der Waals surface area (Å²) in [4.78, 5) is 0.672. The van der Waals surface area contributed by atoms with Gasteiger partial charge in [-0.3, -0.25) is 4.21 Å². The fourth-order valence-corrected chi connectivity index (χ4v) is 7.62. The smallest absolute Gasteiger partial charge is 0.134 e. The zero-order valence-corrected chi connectivity index (χ0v) is 14.0. The quantitative estimate of drug-likeness (QED) is 0.786. The Morgan fingerprint density at radius 3 is 2.35 bits per heavy atom. The van der Waals surface area contributed by atoms with Gasteiger partial charge in [0.05, 0.1) is 9.73 Å². The van der Waals surface area contributed by atoms with Crippen molar-refractivity contribution in [3.05, 3.63) is 41.5 Å². The number of hydrogen-bond donors (Lipinski definition) is 0. The van der Waals surface area contributed by atoms with Gasteiger partial charge in [-0.1, -0.05) is 29.3 Å². The Bertz CT molecular complexity index is 685. The molecule has 0 aliphatic carbocycles. The van der Waals surface area contributed by atoms with Crippen LogP contribution < -0.4 is 0 Å². The molecule has 1 heterocycles. The summed E-state index contributed by atoms with van der Waals surface area (Å²) in [6, 6.07) is 9.22. The molecule has 0 aromatic heterocycles. The molecule has 0 saturated heterocycles. The van der Waals surface area contributed by atoms with E-state index < -0.39 is 24.6 Å². The highest BCUT2D eigenvalue weighted by Crippen LogP contribution is 2.40. The van der Waals surface area contributed by atoms with Crippen molar-refractivity contribution in [1.29, 1.82) is 0 Å². The van der Waals surface area contributed by atoms with Crippen molar-refractivity contribution in [1.82, 2.24) is 0 Å². The summed E-state index contributed by atoms with van der Waals surface area (Å²) < 4.78 is 29.6. The summed E-state index contributed by atoms with van der Waals surface area (Å²) in [5.41, 5.74) is 2.33. The third-order valence-electron chi connectivity index (χ3n) is 4.05. The average molecular weight is 311 g/mol. The number of benzene rings is 1. The zero-order valence-electron chi connectivity index (χ0n) is 12.4. The molecule has 0 saturated carbocycles. The Labute approximate surface area is 124 Å². The molecule has 20 heavy (non-hydrogen) atoms. The third-order valence-corrected chi connectivity index (χ3v) is 9.83. The van der Waals surface area contributed by atoms with E-state index in [1.165, 1.54) is 5.57 Å². The standard InChI is InChI=1S/C15H21NO2S2/c1-12-10-15(3,19(17)11-13(12)2)20(18,16-4)14-8-6-5-7-9-14/h5-9H,10-11H2,1-4H3/t15-,19?,20-/m0/s1. The molecule has 0 amide bonds. The van der Waals surface area contributed by atoms with Crippen molar-refractivity contribution in [3.63, 3.8) is 0 Å². The molecular weight excluding hydrogens is 290 g/mol. The SMILES string of the molecule is CN=[S@](=O)(c1ccccc1)[C@@]1(C)CC(C)=C(C)CS1=O. The molecule has 0 N–H and O–H groups in total. The average Bonchev–Trinajstić information content (AvgIpc) is 2.45. The van der Waals surface area contributed by atoms with Crippen molar-refractivity contribution in [2.24, 2.45) is 4.36 Å². The van der Waals surface area contributed by atoms with Gasteiger partial charge in [0.1, 0.15) is 4.08 Å².